The van der Waals surface area contributed by atoms with Crippen molar-refractivity contribution < 1.29 is 9.21 Å². The molecule has 1 aromatic carbocycles. The van der Waals surface area contributed by atoms with E-state index in [0.717, 1.165) is 16.8 Å². The van der Waals surface area contributed by atoms with Crippen molar-refractivity contribution in [2.24, 2.45) is 0 Å². The number of nitrogens with one attached hydrogen (secondary N) is 1. The standard InChI is InChI=1S/C16H14N2O2/c1-11-5-3-6-12(2)15(11)18-16(19)13(10-17)9-14-7-4-8-20-14/h3-9H,1-2H3,(H,18,19). The Labute approximate surface area is 117 Å². The highest BCUT2D eigenvalue weighted by Crippen LogP contribution is 2.20. The normalized spacial score (nSPS) is 10.9. The van der Waals surface area contributed by atoms with Gasteiger partial charge in [0.15, 0.2) is 0 Å². The van der Waals surface area contributed by atoms with Gasteiger partial charge in [-0.25, -0.2) is 0 Å². The number of hydrogen-bond donors (Lipinski definition) is 1. The summed E-state index contributed by atoms with van der Waals surface area (Å²) in [6.45, 7) is 3.82. The van der Waals surface area contributed by atoms with E-state index in [9.17, 15) is 4.79 Å². The highest BCUT2D eigenvalue weighted by atomic mass is 16.3. The topological polar surface area (TPSA) is 66.0 Å². The van der Waals surface area contributed by atoms with Crippen LogP contribution in [-0.4, -0.2) is 5.91 Å². The van der Waals surface area contributed by atoms with E-state index in [1.165, 1.54) is 12.3 Å². The first-order valence-electron chi connectivity index (χ1n) is 6.14. The van der Waals surface area contributed by atoms with Crippen molar-refractivity contribution in [2.45, 2.75) is 13.8 Å². The molecule has 4 heteroatoms. The predicted molar refractivity (Wildman–Crippen MR) is 76.8 cm³/mol. The lowest BCUT2D eigenvalue weighted by molar-refractivity contribution is -0.112. The molecule has 2 aromatic rings. The van der Waals surface area contributed by atoms with Gasteiger partial charge in [-0.3, -0.25) is 4.79 Å². The average molecular weight is 266 g/mol. The molecular formula is C16H14N2O2. The molecule has 0 bridgehead atoms. The Balaban J connectivity index is 2.25. The Morgan fingerprint density at radius 2 is 1.95 bits per heavy atom. The second kappa shape index (κ2) is 5.89. The summed E-state index contributed by atoms with van der Waals surface area (Å²) in [7, 11) is 0. The lowest BCUT2D eigenvalue weighted by Gasteiger charge is -2.10. The van der Waals surface area contributed by atoms with Crippen molar-refractivity contribution in [3.8, 4) is 6.07 Å². The molecule has 0 aliphatic heterocycles. The summed E-state index contributed by atoms with van der Waals surface area (Å²) in [6.07, 6.45) is 2.91. The van der Waals surface area contributed by atoms with Gasteiger partial charge in [-0.2, -0.15) is 5.26 Å². The number of aryl methyl sites for hydroxylation is 2. The van der Waals surface area contributed by atoms with E-state index in [1.807, 2.05) is 38.1 Å². The number of furan rings is 1. The zero-order valence-corrected chi connectivity index (χ0v) is 11.3. The van der Waals surface area contributed by atoms with Gasteiger partial charge in [-0.1, -0.05) is 18.2 Å². The molecule has 0 aliphatic carbocycles. The molecule has 4 nitrogen and oxygen atoms in total. The van der Waals surface area contributed by atoms with E-state index in [0.29, 0.717) is 5.76 Å². The highest BCUT2D eigenvalue weighted by molar-refractivity contribution is 6.10. The van der Waals surface area contributed by atoms with E-state index >= 15 is 0 Å². The third kappa shape index (κ3) is 2.96. The van der Waals surface area contributed by atoms with Crippen LogP contribution in [-0.2, 0) is 4.79 Å². The minimum atomic E-state index is -0.443. The summed E-state index contributed by atoms with van der Waals surface area (Å²) in [5, 5.41) is 11.9. The van der Waals surface area contributed by atoms with Gasteiger partial charge in [0, 0.05) is 11.8 Å². The van der Waals surface area contributed by atoms with Gasteiger partial charge in [-0.15, -0.1) is 0 Å². The van der Waals surface area contributed by atoms with Crippen LogP contribution >= 0.6 is 0 Å². The fourth-order valence-electron chi connectivity index (χ4n) is 1.86. The van der Waals surface area contributed by atoms with Gasteiger partial charge < -0.3 is 9.73 Å². The summed E-state index contributed by atoms with van der Waals surface area (Å²) in [4.78, 5) is 12.1. The van der Waals surface area contributed by atoms with Gasteiger partial charge in [0.05, 0.1) is 6.26 Å². The Morgan fingerprint density at radius 1 is 1.25 bits per heavy atom. The summed E-state index contributed by atoms with van der Waals surface area (Å²) in [5.74, 6) is 0.0273. The molecule has 100 valence electrons. The first-order chi connectivity index (χ1) is 9.61. The molecule has 0 spiro atoms. The van der Waals surface area contributed by atoms with E-state index in [4.69, 9.17) is 9.68 Å². The van der Waals surface area contributed by atoms with Crippen LogP contribution in [0.4, 0.5) is 5.69 Å². The molecule has 1 heterocycles. The molecule has 0 radical (unpaired) electrons. The number of benzene rings is 1. The van der Waals surface area contributed by atoms with Gasteiger partial charge >= 0.3 is 0 Å². The largest absolute Gasteiger partial charge is 0.465 e. The molecule has 1 N–H and O–H groups in total. The quantitative estimate of drug-likeness (QED) is 0.683. The van der Waals surface area contributed by atoms with Crippen LogP contribution in [0.2, 0.25) is 0 Å². The van der Waals surface area contributed by atoms with Crippen LogP contribution in [0.25, 0.3) is 6.08 Å². The molecule has 1 amide bonds. The lowest BCUT2D eigenvalue weighted by atomic mass is 10.1. The fourth-order valence-corrected chi connectivity index (χ4v) is 1.86. The van der Waals surface area contributed by atoms with Gasteiger partial charge in [0.2, 0.25) is 0 Å². The zero-order valence-electron chi connectivity index (χ0n) is 11.3. The van der Waals surface area contributed by atoms with E-state index in [1.54, 1.807) is 12.1 Å². The number of para-hydroxylation sites is 1. The Hall–Kier alpha value is -2.80. The molecule has 1 aromatic heterocycles. The Bertz CT molecular complexity index is 672. The number of nitrogens with zero attached hydrogens (tertiary/aromatic N) is 1. The predicted octanol–water partition coefficient (Wildman–Crippen LogP) is 3.44. The van der Waals surface area contributed by atoms with Crippen LogP contribution in [0, 0.1) is 25.2 Å². The SMILES string of the molecule is Cc1cccc(C)c1NC(=O)C(C#N)=Cc1ccco1. The fraction of sp³-hybridized carbons (Fsp3) is 0.125. The summed E-state index contributed by atoms with van der Waals surface area (Å²) >= 11 is 0. The first kappa shape index (κ1) is 13.6. The van der Waals surface area contributed by atoms with Crippen molar-refractivity contribution in [1.82, 2.24) is 0 Å². The zero-order chi connectivity index (χ0) is 14.5. The Morgan fingerprint density at radius 3 is 2.50 bits per heavy atom. The van der Waals surface area contributed by atoms with E-state index in [-0.39, 0.29) is 5.57 Å². The maximum atomic E-state index is 12.1. The van der Waals surface area contributed by atoms with E-state index < -0.39 is 5.91 Å². The second-order valence-corrected chi connectivity index (χ2v) is 4.41. The molecular weight excluding hydrogens is 252 g/mol. The van der Waals surface area contributed by atoms with Gasteiger partial charge in [0.25, 0.3) is 5.91 Å². The van der Waals surface area contributed by atoms with Crippen molar-refractivity contribution in [1.29, 1.82) is 5.26 Å². The molecule has 0 saturated heterocycles. The number of carbonyl (C=O) groups excluding carboxylic acids is 1. The number of rotatable bonds is 3. The number of anilines is 1. The van der Waals surface area contributed by atoms with Crippen LogP contribution in [0.1, 0.15) is 16.9 Å². The average Bonchev–Trinajstić information content (AvgIpc) is 2.93. The molecule has 0 fully saturated rings. The molecule has 0 unspecified atom stereocenters. The molecule has 2 rings (SSSR count). The maximum absolute atomic E-state index is 12.1. The number of nitriles is 1. The number of hydrogen-bond acceptors (Lipinski definition) is 3. The summed E-state index contributed by atoms with van der Waals surface area (Å²) in [5.41, 5.74) is 2.64. The van der Waals surface area contributed by atoms with E-state index in [2.05, 4.69) is 5.32 Å². The van der Waals surface area contributed by atoms with Gasteiger partial charge in [-0.05, 0) is 37.1 Å². The molecule has 20 heavy (non-hydrogen) atoms. The molecule has 0 aliphatic rings. The third-order valence-electron chi connectivity index (χ3n) is 2.91. The second-order valence-electron chi connectivity index (χ2n) is 4.41. The molecule has 0 saturated carbocycles. The number of amides is 1. The van der Waals surface area contributed by atoms with Crippen molar-refractivity contribution in [3.63, 3.8) is 0 Å². The summed E-state index contributed by atoms with van der Waals surface area (Å²) in [6, 6.07) is 11.0. The van der Waals surface area contributed by atoms with Crippen LogP contribution in [0.15, 0.2) is 46.6 Å². The minimum absolute atomic E-state index is 0.00241. The summed E-state index contributed by atoms with van der Waals surface area (Å²) < 4.78 is 5.11. The third-order valence-corrected chi connectivity index (χ3v) is 2.91. The monoisotopic (exact) mass is 266 g/mol. The van der Waals surface area contributed by atoms with Crippen molar-refractivity contribution in [3.05, 3.63) is 59.1 Å². The van der Waals surface area contributed by atoms with Crippen LogP contribution in [0.5, 0.6) is 0 Å². The lowest BCUT2D eigenvalue weighted by Crippen LogP contribution is -2.15. The smallest absolute Gasteiger partial charge is 0.266 e. The minimum Gasteiger partial charge on any atom is -0.465 e. The van der Waals surface area contributed by atoms with Crippen molar-refractivity contribution >= 4 is 17.7 Å². The van der Waals surface area contributed by atoms with Gasteiger partial charge in [0.1, 0.15) is 17.4 Å². The van der Waals surface area contributed by atoms with Crippen LogP contribution < -0.4 is 5.32 Å². The molecule has 0 atom stereocenters. The number of carbonyl (C=O) groups is 1. The highest BCUT2D eigenvalue weighted by Gasteiger charge is 2.12. The maximum Gasteiger partial charge on any atom is 0.266 e. The first-order valence-corrected chi connectivity index (χ1v) is 6.14. The van der Waals surface area contributed by atoms with Crippen molar-refractivity contribution in [2.75, 3.05) is 5.32 Å². The van der Waals surface area contributed by atoms with Crippen LogP contribution in [0.3, 0.4) is 0 Å². The Kier molecular flexibility index (Phi) is 4.02.